The second kappa shape index (κ2) is 4.38. The number of anilines is 1. The van der Waals surface area contributed by atoms with Crippen LogP contribution in [0.15, 0.2) is 18.2 Å². The van der Waals surface area contributed by atoms with Crippen molar-refractivity contribution < 1.29 is 19.1 Å². The molecule has 1 aromatic rings. The fourth-order valence-electron chi connectivity index (χ4n) is 1.88. The Bertz CT molecular complexity index is 512. The molecule has 0 atom stereocenters. The highest BCUT2D eigenvalue weighted by atomic mass is 19.1. The maximum atomic E-state index is 13.4. The summed E-state index contributed by atoms with van der Waals surface area (Å²) >= 11 is 0. The van der Waals surface area contributed by atoms with Crippen LogP contribution in [0.4, 0.5) is 10.1 Å². The van der Waals surface area contributed by atoms with Crippen LogP contribution in [-0.2, 0) is 4.79 Å². The molecule has 0 radical (unpaired) electrons. The highest BCUT2D eigenvalue weighted by Crippen LogP contribution is 2.31. The van der Waals surface area contributed by atoms with E-state index >= 15 is 0 Å². The highest BCUT2D eigenvalue weighted by molar-refractivity contribution is 6.04. The summed E-state index contributed by atoms with van der Waals surface area (Å²) in [5, 5.41) is 11.3. The largest absolute Gasteiger partial charge is 0.478 e. The Morgan fingerprint density at radius 3 is 2.56 bits per heavy atom. The summed E-state index contributed by atoms with van der Waals surface area (Å²) in [7, 11) is 0. The molecule has 2 rings (SSSR count). The van der Waals surface area contributed by atoms with Gasteiger partial charge in [0.2, 0.25) is 5.91 Å². The minimum absolute atomic E-state index is 0.0655. The SMILES string of the molecule is NC1(C(=O)Nc2cccc(F)c2C(=O)O)CCC1. The van der Waals surface area contributed by atoms with Crippen molar-refractivity contribution in [2.24, 2.45) is 5.73 Å². The summed E-state index contributed by atoms with van der Waals surface area (Å²) in [6.07, 6.45) is 1.96. The topological polar surface area (TPSA) is 92.4 Å². The number of benzene rings is 1. The smallest absolute Gasteiger partial charge is 0.340 e. The van der Waals surface area contributed by atoms with Crippen LogP contribution in [0.2, 0.25) is 0 Å². The second-order valence-electron chi connectivity index (χ2n) is 4.43. The molecule has 18 heavy (non-hydrogen) atoms. The first-order valence-electron chi connectivity index (χ1n) is 5.56. The molecule has 0 spiro atoms. The first kappa shape index (κ1) is 12.5. The third-order valence-corrected chi connectivity index (χ3v) is 3.17. The van der Waals surface area contributed by atoms with Crippen LogP contribution in [0.3, 0.4) is 0 Å². The Hall–Kier alpha value is -1.95. The van der Waals surface area contributed by atoms with E-state index < -0.39 is 28.8 Å². The van der Waals surface area contributed by atoms with Gasteiger partial charge in [0.05, 0.1) is 11.2 Å². The van der Waals surface area contributed by atoms with E-state index in [2.05, 4.69) is 5.32 Å². The molecular formula is C12H13FN2O3. The van der Waals surface area contributed by atoms with Crippen LogP contribution in [-0.4, -0.2) is 22.5 Å². The Labute approximate surface area is 103 Å². The van der Waals surface area contributed by atoms with Crippen LogP contribution in [0.5, 0.6) is 0 Å². The van der Waals surface area contributed by atoms with Crippen molar-refractivity contribution in [1.82, 2.24) is 0 Å². The highest BCUT2D eigenvalue weighted by Gasteiger charge is 2.40. The van der Waals surface area contributed by atoms with Gasteiger partial charge in [-0.3, -0.25) is 4.79 Å². The Morgan fingerprint density at radius 2 is 2.06 bits per heavy atom. The lowest BCUT2D eigenvalue weighted by Gasteiger charge is -2.36. The van der Waals surface area contributed by atoms with Gasteiger partial charge in [0.1, 0.15) is 11.4 Å². The van der Waals surface area contributed by atoms with Crippen LogP contribution >= 0.6 is 0 Å². The molecule has 0 aromatic heterocycles. The molecular weight excluding hydrogens is 239 g/mol. The van der Waals surface area contributed by atoms with Crippen molar-refractivity contribution in [3.8, 4) is 0 Å². The van der Waals surface area contributed by atoms with E-state index in [4.69, 9.17) is 10.8 Å². The molecule has 1 aromatic carbocycles. The van der Waals surface area contributed by atoms with E-state index in [1.54, 1.807) is 0 Å². The maximum absolute atomic E-state index is 13.4. The molecule has 0 heterocycles. The number of halogens is 1. The number of nitrogens with two attached hydrogens (primary N) is 1. The number of hydrogen-bond acceptors (Lipinski definition) is 3. The molecule has 1 aliphatic rings. The predicted molar refractivity (Wildman–Crippen MR) is 62.8 cm³/mol. The number of amides is 1. The van der Waals surface area contributed by atoms with Gasteiger partial charge in [-0.05, 0) is 31.4 Å². The van der Waals surface area contributed by atoms with Crippen LogP contribution in [0, 0.1) is 5.82 Å². The number of nitrogens with one attached hydrogen (secondary N) is 1. The van der Waals surface area contributed by atoms with Gasteiger partial charge in [-0.15, -0.1) is 0 Å². The normalized spacial score (nSPS) is 16.8. The van der Waals surface area contributed by atoms with E-state index in [-0.39, 0.29) is 5.69 Å². The quantitative estimate of drug-likeness (QED) is 0.757. The summed E-state index contributed by atoms with van der Waals surface area (Å²) in [6.45, 7) is 0. The average Bonchev–Trinajstić information content (AvgIpc) is 2.25. The zero-order valence-corrected chi connectivity index (χ0v) is 9.57. The molecule has 1 aliphatic carbocycles. The second-order valence-corrected chi connectivity index (χ2v) is 4.43. The number of carbonyl (C=O) groups excluding carboxylic acids is 1. The molecule has 6 heteroatoms. The van der Waals surface area contributed by atoms with Gasteiger partial charge in [-0.1, -0.05) is 6.07 Å². The van der Waals surface area contributed by atoms with Crippen molar-refractivity contribution >= 4 is 17.6 Å². The van der Waals surface area contributed by atoms with Gasteiger partial charge in [0.25, 0.3) is 0 Å². The van der Waals surface area contributed by atoms with E-state index in [9.17, 15) is 14.0 Å². The lowest BCUT2D eigenvalue weighted by Crippen LogP contribution is -2.56. The van der Waals surface area contributed by atoms with Crippen molar-refractivity contribution in [2.45, 2.75) is 24.8 Å². The van der Waals surface area contributed by atoms with Gasteiger partial charge in [-0.2, -0.15) is 0 Å². The molecule has 96 valence electrons. The summed E-state index contributed by atoms with van der Waals surface area (Å²) in [5.41, 5.74) is 4.24. The molecule has 0 aliphatic heterocycles. The number of carbonyl (C=O) groups is 2. The first-order chi connectivity index (χ1) is 8.44. The minimum atomic E-state index is -1.43. The van der Waals surface area contributed by atoms with Gasteiger partial charge in [-0.25, -0.2) is 9.18 Å². The summed E-state index contributed by atoms with van der Waals surface area (Å²) in [6, 6.07) is 3.70. The minimum Gasteiger partial charge on any atom is -0.478 e. The van der Waals surface area contributed by atoms with Crippen molar-refractivity contribution in [3.63, 3.8) is 0 Å². The molecule has 5 nitrogen and oxygen atoms in total. The Balaban J connectivity index is 2.26. The maximum Gasteiger partial charge on any atom is 0.340 e. The molecule has 1 fully saturated rings. The van der Waals surface area contributed by atoms with Gasteiger partial charge >= 0.3 is 5.97 Å². The molecule has 0 saturated heterocycles. The van der Waals surface area contributed by atoms with Gasteiger partial charge in [0.15, 0.2) is 0 Å². The van der Waals surface area contributed by atoms with E-state index in [0.29, 0.717) is 12.8 Å². The van der Waals surface area contributed by atoms with Crippen molar-refractivity contribution in [2.75, 3.05) is 5.32 Å². The van der Waals surface area contributed by atoms with Crippen LogP contribution < -0.4 is 11.1 Å². The zero-order valence-electron chi connectivity index (χ0n) is 9.57. The monoisotopic (exact) mass is 252 g/mol. The molecule has 0 bridgehead atoms. The van der Waals surface area contributed by atoms with Crippen molar-refractivity contribution in [1.29, 1.82) is 0 Å². The fourth-order valence-corrected chi connectivity index (χ4v) is 1.88. The number of aromatic carboxylic acids is 1. The fraction of sp³-hybridized carbons (Fsp3) is 0.333. The molecule has 0 unspecified atom stereocenters. The van der Waals surface area contributed by atoms with Crippen molar-refractivity contribution in [3.05, 3.63) is 29.6 Å². The summed E-state index contributed by atoms with van der Waals surface area (Å²) in [5.74, 6) is -2.79. The van der Waals surface area contributed by atoms with E-state index in [1.807, 2.05) is 0 Å². The number of hydrogen-bond donors (Lipinski definition) is 3. The third-order valence-electron chi connectivity index (χ3n) is 3.17. The van der Waals surface area contributed by atoms with Gasteiger partial charge < -0.3 is 16.2 Å². The number of carboxylic acids is 1. The van der Waals surface area contributed by atoms with E-state index in [0.717, 1.165) is 12.5 Å². The zero-order chi connectivity index (χ0) is 13.3. The van der Waals surface area contributed by atoms with Gasteiger partial charge in [0, 0.05) is 0 Å². The third kappa shape index (κ3) is 2.06. The number of rotatable bonds is 3. The molecule has 1 amide bonds. The van der Waals surface area contributed by atoms with Crippen LogP contribution in [0.1, 0.15) is 29.6 Å². The predicted octanol–water partition coefficient (Wildman–Crippen LogP) is 1.34. The lowest BCUT2D eigenvalue weighted by atomic mass is 9.77. The Kier molecular flexibility index (Phi) is 3.04. The summed E-state index contributed by atoms with van der Waals surface area (Å²) < 4.78 is 13.4. The van der Waals surface area contributed by atoms with Crippen LogP contribution in [0.25, 0.3) is 0 Å². The number of carboxylic acid groups (broad SMARTS) is 1. The summed E-state index contributed by atoms with van der Waals surface area (Å²) in [4.78, 5) is 22.8. The standard InChI is InChI=1S/C12H13FN2O3/c13-7-3-1-4-8(9(7)10(16)17)15-11(18)12(14)5-2-6-12/h1,3-4H,2,5-6,14H2,(H,15,18)(H,16,17). The molecule has 4 N–H and O–H groups in total. The first-order valence-corrected chi connectivity index (χ1v) is 5.56. The van der Waals surface area contributed by atoms with E-state index in [1.165, 1.54) is 12.1 Å². The average molecular weight is 252 g/mol. The molecule has 1 saturated carbocycles. The Morgan fingerprint density at radius 1 is 1.39 bits per heavy atom. The lowest BCUT2D eigenvalue weighted by molar-refractivity contribution is -0.123.